The summed E-state index contributed by atoms with van der Waals surface area (Å²) in [6.07, 6.45) is 4.77. The van der Waals surface area contributed by atoms with Crippen molar-refractivity contribution in [2.24, 2.45) is 5.73 Å². The van der Waals surface area contributed by atoms with Crippen molar-refractivity contribution in [1.82, 2.24) is 9.55 Å². The maximum absolute atomic E-state index is 6.24. The van der Waals surface area contributed by atoms with Crippen molar-refractivity contribution >= 4 is 0 Å². The normalized spacial score (nSPS) is 13.5. The lowest BCUT2D eigenvalue weighted by atomic mass is 9.92. The van der Waals surface area contributed by atoms with Gasteiger partial charge in [-0.25, -0.2) is 4.98 Å². The third-order valence-corrected chi connectivity index (χ3v) is 3.39. The van der Waals surface area contributed by atoms with E-state index in [4.69, 9.17) is 5.73 Å². The van der Waals surface area contributed by atoms with Gasteiger partial charge in [-0.1, -0.05) is 51.1 Å². The van der Waals surface area contributed by atoms with E-state index < -0.39 is 0 Å². The summed E-state index contributed by atoms with van der Waals surface area (Å²) in [5.74, 6) is 0. The molecule has 1 aromatic heterocycles. The highest BCUT2D eigenvalue weighted by Crippen LogP contribution is 2.23. The summed E-state index contributed by atoms with van der Waals surface area (Å²) in [5, 5.41) is 0. The van der Waals surface area contributed by atoms with E-state index in [1.165, 1.54) is 11.3 Å². The van der Waals surface area contributed by atoms with Gasteiger partial charge in [0.15, 0.2) is 0 Å². The highest BCUT2D eigenvalue weighted by Gasteiger charge is 2.18. The van der Waals surface area contributed by atoms with Crippen LogP contribution in [-0.2, 0) is 12.0 Å². The standard InChI is InChI=1S/C16H23N3/c1-16(2,3)15-11-18-12-19(15)10-9-14(17)13-7-5-4-6-8-13/h4-8,11-12,14H,9-10,17H2,1-3H3. The molecule has 2 aromatic rings. The highest BCUT2D eigenvalue weighted by atomic mass is 15.1. The molecule has 102 valence electrons. The van der Waals surface area contributed by atoms with Crippen molar-refractivity contribution in [1.29, 1.82) is 0 Å². The summed E-state index contributed by atoms with van der Waals surface area (Å²) in [7, 11) is 0. The molecule has 0 aliphatic rings. The Bertz CT molecular complexity index is 508. The predicted molar refractivity (Wildman–Crippen MR) is 78.9 cm³/mol. The monoisotopic (exact) mass is 257 g/mol. The summed E-state index contributed by atoms with van der Waals surface area (Å²) in [5.41, 5.74) is 8.81. The zero-order valence-corrected chi connectivity index (χ0v) is 12.0. The molecule has 0 aliphatic heterocycles. The van der Waals surface area contributed by atoms with Crippen molar-refractivity contribution in [2.45, 2.75) is 45.2 Å². The summed E-state index contributed by atoms with van der Waals surface area (Å²) in [4.78, 5) is 4.26. The zero-order chi connectivity index (χ0) is 13.9. The number of benzene rings is 1. The Labute approximate surface area is 115 Å². The first kappa shape index (κ1) is 13.8. The van der Waals surface area contributed by atoms with Crippen molar-refractivity contribution in [3.8, 4) is 0 Å². The Morgan fingerprint density at radius 2 is 1.89 bits per heavy atom. The van der Waals surface area contributed by atoms with E-state index in [2.05, 4.69) is 42.5 Å². The molecule has 1 atom stereocenters. The van der Waals surface area contributed by atoms with Crippen LogP contribution in [0, 0.1) is 0 Å². The average molecular weight is 257 g/mol. The average Bonchev–Trinajstić information content (AvgIpc) is 2.85. The van der Waals surface area contributed by atoms with Crippen LogP contribution in [0.1, 0.15) is 44.5 Å². The molecule has 19 heavy (non-hydrogen) atoms. The number of aromatic nitrogens is 2. The number of aryl methyl sites for hydroxylation is 1. The quantitative estimate of drug-likeness (QED) is 0.913. The van der Waals surface area contributed by atoms with Gasteiger partial charge in [0, 0.05) is 29.9 Å². The number of hydrogen-bond acceptors (Lipinski definition) is 2. The van der Waals surface area contributed by atoms with Gasteiger partial charge in [0.25, 0.3) is 0 Å². The highest BCUT2D eigenvalue weighted by molar-refractivity contribution is 5.18. The molecule has 0 amide bonds. The topological polar surface area (TPSA) is 43.8 Å². The number of hydrogen-bond donors (Lipinski definition) is 1. The molecule has 0 bridgehead atoms. The van der Waals surface area contributed by atoms with Gasteiger partial charge >= 0.3 is 0 Å². The molecular formula is C16H23N3. The maximum Gasteiger partial charge on any atom is 0.0948 e. The molecule has 0 aliphatic carbocycles. The molecular weight excluding hydrogens is 234 g/mol. The van der Waals surface area contributed by atoms with Gasteiger partial charge in [-0.2, -0.15) is 0 Å². The largest absolute Gasteiger partial charge is 0.334 e. The summed E-state index contributed by atoms with van der Waals surface area (Å²) in [6, 6.07) is 10.3. The van der Waals surface area contributed by atoms with Crippen LogP contribution in [0.15, 0.2) is 42.9 Å². The van der Waals surface area contributed by atoms with Crippen LogP contribution in [-0.4, -0.2) is 9.55 Å². The minimum atomic E-state index is 0.0800. The molecule has 0 fully saturated rings. The van der Waals surface area contributed by atoms with E-state index in [-0.39, 0.29) is 11.5 Å². The van der Waals surface area contributed by atoms with Crippen LogP contribution in [0.2, 0.25) is 0 Å². The second-order valence-corrected chi connectivity index (χ2v) is 6.03. The minimum absolute atomic E-state index is 0.0800. The molecule has 2 N–H and O–H groups in total. The third kappa shape index (κ3) is 3.44. The lowest BCUT2D eigenvalue weighted by Crippen LogP contribution is -2.19. The van der Waals surface area contributed by atoms with E-state index in [1.54, 1.807) is 0 Å². The molecule has 1 aromatic carbocycles. The van der Waals surface area contributed by atoms with Crippen LogP contribution in [0.3, 0.4) is 0 Å². The van der Waals surface area contributed by atoms with Crippen LogP contribution in [0.4, 0.5) is 0 Å². The Balaban J connectivity index is 2.02. The SMILES string of the molecule is CC(C)(C)c1cncn1CCC(N)c1ccccc1. The van der Waals surface area contributed by atoms with Crippen molar-refractivity contribution in [3.05, 3.63) is 54.1 Å². The van der Waals surface area contributed by atoms with E-state index in [0.29, 0.717) is 0 Å². The summed E-state index contributed by atoms with van der Waals surface area (Å²) < 4.78 is 2.21. The lowest BCUT2D eigenvalue weighted by molar-refractivity contribution is 0.487. The fourth-order valence-electron chi connectivity index (χ4n) is 2.27. The van der Waals surface area contributed by atoms with E-state index in [0.717, 1.165) is 13.0 Å². The molecule has 1 unspecified atom stereocenters. The summed E-state index contributed by atoms with van der Waals surface area (Å²) in [6.45, 7) is 7.52. The number of rotatable bonds is 4. The molecule has 3 nitrogen and oxygen atoms in total. The van der Waals surface area contributed by atoms with Gasteiger partial charge in [-0.05, 0) is 12.0 Å². The Hall–Kier alpha value is -1.61. The van der Waals surface area contributed by atoms with Crippen LogP contribution in [0.25, 0.3) is 0 Å². The number of nitrogens with zero attached hydrogens (tertiary/aromatic N) is 2. The number of nitrogens with two attached hydrogens (primary N) is 1. The molecule has 0 saturated carbocycles. The number of imidazole rings is 1. The Morgan fingerprint density at radius 3 is 2.53 bits per heavy atom. The molecule has 0 spiro atoms. The van der Waals surface area contributed by atoms with Crippen LogP contribution >= 0.6 is 0 Å². The molecule has 3 heteroatoms. The van der Waals surface area contributed by atoms with Gasteiger partial charge in [0.05, 0.1) is 6.33 Å². The van der Waals surface area contributed by atoms with E-state index in [1.807, 2.05) is 30.7 Å². The lowest BCUT2D eigenvalue weighted by Gasteiger charge is -2.21. The Kier molecular flexibility index (Phi) is 4.05. The van der Waals surface area contributed by atoms with Crippen LogP contribution < -0.4 is 5.73 Å². The molecule has 0 saturated heterocycles. The van der Waals surface area contributed by atoms with Crippen LogP contribution in [0.5, 0.6) is 0 Å². The van der Waals surface area contributed by atoms with Gasteiger partial charge in [-0.15, -0.1) is 0 Å². The van der Waals surface area contributed by atoms with Gasteiger partial charge in [0.2, 0.25) is 0 Å². The fourth-order valence-corrected chi connectivity index (χ4v) is 2.27. The van der Waals surface area contributed by atoms with E-state index >= 15 is 0 Å². The van der Waals surface area contributed by atoms with Crippen molar-refractivity contribution < 1.29 is 0 Å². The Morgan fingerprint density at radius 1 is 1.21 bits per heavy atom. The van der Waals surface area contributed by atoms with Gasteiger partial charge in [0.1, 0.15) is 0 Å². The maximum atomic E-state index is 6.24. The third-order valence-electron chi connectivity index (χ3n) is 3.39. The molecule has 0 radical (unpaired) electrons. The zero-order valence-electron chi connectivity index (χ0n) is 12.0. The molecule has 1 heterocycles. The van der Waals surface area contributed by atoms with Gasteiger partial charge in [-0.3, -0.25) is 0 Å². The van der Waals surface area contributed by atoms with Crippen molar-refractivity contribution in [2.75, 3.05) is 0 Å². The summed E-state index contributed by atoms with van der Waals surface area (Å²) >= 11 is 0. The molecule has 2 rings (SSSR count). The smallest absolute Gasteiger partial charge is 0.0948 e. The first-order chi connectivity index (χ1) is 8.98. The predicted octanol–water partition coefficient (Wildman–Crippen LogP) is 3.27. The minimum Gasteiger partial charge on any atom is -0.334 e. The second kappa shape index (κ2) is 5.57. The van der Waals surface area contributed by atoms with E-state index in [9.17, 15) is 0 Å². The van der Waals surface area contributed by atoms with Gasteiger partial charge < -0.3 is 10.3 Å². The first-order valence-corrected chi connectivity index (χ1v) is 6.79. The first-order valence-electron chi connectivity index (χ1n) is 6.79. The fraction of sp³-hybridized carbons (Fsp3) is 0.438. The second-order valence-electron chi connectivity index (χ2n) is 6.03. The van der Waals surface area contributed by atoms with Crippen molar-refractivity contribution in [3.63, 3.8) is 0 Å².